The van der Waals surface area contributed by atoms with Crippen molar-refractivity contribution in [2.75, 3.05) is 92.4 Å². The first-order valence-corrected chi connectivity index (χ1v) is 34.2. The molecule has 0 bridgehead atoms. The van der Waals surface area contributed by atoms with Crippen LogP contribution in [-0.2, 0) is 4.74 Å². The third-order valence-corrected chi connectivity index (χ3v) is 18.5. The van der Waals surface area contributed by atoms with E-state index in [1.165, 1.54) is 31.2 Å². The van der Waals surface area contributed by atoms with Crippen LogP contribution in [0.1, 0.15) is 39.0 Å². The summed E-state index contributed by atoms with van der Waals surface area (Å²) in [5.41, 5.74) is 14.4. The molecule has 28 heteroatoms. The summed E-state index contributed by atoms with van der Waals surface area (Å²) >= 11 is 0. The van der Waals surface area contributed by atoms with Gasteiger partial charge >= 0.3 is 0 Å². The maximum atomic E-state index is 13.0. The van der Waals surface area contributed by atoms with Gasteiger partial charge < -0.3 is 67.7 Å². The molecule has 13 heterocycles. The van der Waals surface area contributed by atoms with Crippen LogP contribution in [0, 0.1) is 11.8 Å². The number of likely N-dealkylation sites (N-methyl/N-ethyl adjacent to an activating group) is 1. The number of hydrogen-bond acceptors (Lipinski definition) is 22. The number of furan rings is 4. The number of alkyl halides is 2. The molecule has 524 valence electrons. The molecule has 19 rings (SSSR count). The Labute approximate surface area is 585 Å². The smallest absolute Gasteiger partial charge is 0.255 e. The van der Waals surface area contributed by atoms with Crippen molar-refractivity contribution in [1.29, 1.82) is 0 Å². The molecule has 2 saturated carbocycles. The second-order valence-corrected chi connectivity index (χ2v) is 25.3. The molecule has 4 aromatic carbocycles. The number of aromatic amines is 4. The molecule has 0 amide bonds. The minimum absolute atomic E-state index is 0.00738. The summed E-state index contributed by atoms with van der Waals surface area (Å²) in [5, 5.41) is 45.8. The molecular weight excluding hydrogens is 1320 g/mol. The highest BCUT2D eigenvalue weighted by molar-refractivity contribution is 5.96. The Balaban J connectivity index is 0.000000106. The zero-order chi connectivity index (χ0) is 69.6. The van der Waals surface area contributed by atoms with Crippen molar-refractivity contribution in [2.24, 2.45) is 11.8 Å². The van der Waals surface area contributed by atoms with Crippen molar-refractivity contribution < 1.29 is 45.4 Å². The summed E-state index contributed by atoms with van der Waals surface area (Å²) in [4.78, 5) is 22.3. The molecular formula is C75H72F2N18O8. The van der Waals surface area contributed by atoms with Gasteiger partial charge in [-0.05, 0) is 122 Å². The monoisotopic (exact) mass is 1390 g/mol. The summed E-state index contributed by atoms with van der Waals surface area (Å²) in [6.07, 6.45) is 18.2. The van der Waals surface area contributed by atoms with Gasteiger partial charge in [0.2, 0.25) is 0 Å². The molecule has 26 nitrogen and oxygen atoms in total. The van der Waals surface area contributed by atoms with E-state index in [0.717, 1.165) is 162 Å². The fourth-order valence-electron chi connectivity index (χ4n) is 12.4. The maximum absolute atomic E-state index is 13.0. The Hall–Kier alpha value is -12.3. The summed E-state index contributed by atoms with van der Waals surface area (Å²) in [5.74, 6) is 2.15. The highest BCUT2D eigenvalue weighted by Crippen LogP contribution is 2.49. The first kappa shape index (κ1) is 65.3. The number of ether oxygens (including phenoxy) is 4. The predicted octanol–water partition coefficient (Wildman–Crippen LogP) is 16.6. The first-order valence-electron chi connectivity index (χ1n) is 34.2. The third kappa shape index (κ3) is 14.4. The number of methoxy groups -OCH3 is 1. The Kier molecular flexibility index (Phi) is 18.5. The van der Waals surface area contributed by atoms with Gasteiger partial charge in [-0.25, -0.2) is 8.78 Å². The van der Waals surface area contributed by atoms with Gasteiger partial charge in [0, 0.05) is 130 Å². The minimum atomic E-state index is -2.59. The van der Waals surface area contributed by atoms with Crippen molar-refractivity contribution >= 4 is 140 Å². The largest absolute Gasteiger partial charge is 0.489 e. The first-order chi connectivity index (χ1) is 50.6. The highest BCUT2D eigenvalue weighted by Gasteiger charge is 2.57. The van der Waals surface area contributed by atoms with Gasteiger partial charge in [0.05, 0.1) is 69.7 Å². The second kappa shape index (κ2) is 29.1. The molecule has 1 aliphatic heterocycles. The molecule has 0 spiro atoms. The van der Waals surface area contributed by atoms with E-state index in [1.54, 1.807) is 50.5 Å². The molecule has 3 aliphatic rings. The van der Waals surface area contributed by atoms with Crippen LogP contribution in [0.2, 0.25) is 0 Å². The molecule has 3 fully saturated rings. The summed E-state index contributed by atoms with van der Waals surface area (Å²) in [6, 6.07) is 38.7. The van der Waals surface area contributed by atoms with Crippen molar-refractivity contribution in [2.45, 2.75) is 45.0 Å². The lowest BCUT2D eigenvalue weighted by molar-refractivity contribution is 0.0856. The van der Waals surface area contributed by atoms with Crippen molar-refractivity contribution in [1.82, 2.24) is 65.6 Å². The van der Waals surface area contributed by atoms with Gasteiger partial charge in [-0.3, -0.25) is 40.3 Å². The average Bonchev–Trinajstić information content (AvgIpc) is 1.65. The number of rotatable bonds is 21. The van der Waals surface area contributed by atoms with E-state index in [0.29, 0.717) is 53.7 Å². The standard InChI is InChI=1S/C20H22N6O.C19H18N4O2.C18H14F2N4O2.C18H18N4O3/c1-2-25-8-10-26(11-9-25)17-13-27-18-12-14(5-6-15(17)18)22-20-19-16(23-24-20)4-3-7-21-19;1-3-12(4-1)10-24-17-11-25-16-9-13(6-7-14(16)17)21-19-18-15(22-23-19)5-2-8-20-18;19-18(20)7-10(18)8-25-15-9-26-14-6-11(3-4-12(14)15)22-17-16-13(23-24-17)2-1-5-21-16;1-23-8-3-9-24-16-11-25-15-10-12(5-6-13(15)16)20-18-17-14(21-22-18)4-2-7-19-17/h3-7,12-13H,2,8-11H2,1H3,(H2,22,23,24);2,5-9,11-12H,1,3-4,10H2,(H2,21,22,23);1-6,9-10H,7-8H2,(H2,22,23,24);2,4-7,10-11H,3,8-9H2,1H3,(H2,20,21,22). The van der Waals surface area contributed by atoms with Gasteiger partial charge in [0.15, 0.2) is 40.5 Å². The number of nitrogens with zero attached hydrogens (tertiary/aromatic N) is 10. The fraction of sp³-hybridized carbons (Fsp3) is 0.253. The van der Waals surface area contributed by atoms with E-state index in [1.807, 2.05) is 109 Å². The van der Waals surface area contributed by atoms with Crippen LogP contribution >= 0.6 is 0 Å². The van der Waals surface area contributed by atoms with E-state index in [2.05, 4.69) is 111 Å². The molecule has 1 unspecified atom stereocenters. The molecule has 1 saturated heterocycles. The Morgan fingerprint density at radius 2 is 0.874 bits per heavy atom. The number of piperazine rings is 1. The lowest BCUT2D eigenvalue weighted by Crippen LogP contribution is -2.46. The number of H-pyrrole nitrogens is 4. The van der Waals surface area contributed by atoms with Crippen molar-refractivity contribution in [3.05, 3.63) is 171 Å². The Morgan fingerprint density at radius 1 is 0.485 bits per heavy atom. The van der Waals surface area contributed by atoms with Crippen LogP contribution in [-0.4, -0.2) is 138 Å². The normalized spacial score (nSPS) is 15.0. The molecule has 16 aromatic rings. The maximum Gasteiger partial charge on any atom is 0.255 e. The fourth-order valence-corrected chi connectivity index (χ4v) is 12.4. The lowest BCUT2D eigenvalue weighted by Gasteiger charge is -2.34. The molecule has 1 atom stereocenters. The van der Waals surface area contributed by atoms with Crippen LogP contribution in [0.15, 0.2) is 189 Å². The van der Waals surface area contributed by atoms with Gasteiger partial charge in [-0.2, -0.15) is 20.4 Å². The molecule has 0 radical (unpaired) electrons. The molecule has 2 aliphatic carbocycles. The third-order valence-electron chi connectivity index (χ3n) is 18.5. The number of benzene rings is 4. The second-order valence-electron chi connectivity index (χ2n) is 25.3. The van der Waals surface area contributed by atoms with Crippen LogP contribution in [0.25, 0.3) is 88.0 Å². The molecule has 103 heavy (non-hydrogen) atoms. The predicted molar refractivity (Wildman–Crippen MR) is 391 cm³/mol. The number of nitrogens with one attached hydrogen (secondary N) is 8. The van der Waals surface area contributed by atoms with Gasteiger partial charge in [0.25, 0.3) is 5.92 Å². The highest BCUT2D eigenvalue weighted by atomic mass is 19.3. The number of halogens is 2. The van der Waals surface area contributed by atoms with Gasteiger partial charge in [-0.15, -0.1) is 0 Å². The number of anilines is 9. The number of pyridine rings is 4. The zero-order valence-corrected chi connectivity index (χ0v) is 56.2. The van der Waals surface area contributed by atoms with Gasteiger partial charge in [-0.1, -0.05) is 13.3 Å². The van der Waals surface area contributed by atoms with E-state index in [9.17, 15) is 8.78 Å². The van der Waals surface area contributed by atoms with Gasteiger partial charge in [0.1, 0.15) is 69.5 Å². The Morgan fingerprint density at radius 3 is 1.26 bits per heavy atom. The van der Waals surface area contributed by atoms with E-state index in [-0.39, 0.29) is 13.0 Å². The van der Waals surface area contributed by atoms with Crippen LogP contribution < -0.4 is 40.4 Å². The molecule has 8 N–H and O–H groups in total. The topological polar surface area (TPSA) is 310 Å². The van der Waals surface area contributed by atoms with E-state index >= 15 is 0 Å². The van der Waals surface area contributed by atoms with E-state index in [4.69, 9.17) is 36.6 Å². The minimum Gasteiger partial charge on any atom is -0.489 e. The van der Waals surface area contributed by atoms with Crippen LogP contribution in [0.5, 0.6) is 17.2 Å². The van der Waals surface area contributed by atoms with Crippen molar-refractivity contribution in [3.8, 4) is 17.2 Å². The van der Waals surface area contributed by atoms with Crippen LogP contribution in [0.4, 0.5) is 60.5 Å². The average molecular weight is 1390 g/mol. The SMILES string of the molecule is CCN1CCN(c2coc3cc(Nc4n[nH]c5cccnc45)ccc23)CC1.COCCCOc1coc2cc(Nc3n[nH]c4cccnc34)ccc12.FC1(F)CC1COc1coc2cc(Nc3n[nH]c4cccnc34)ccc12.c1cnc2c(Nc3ccc4c(OCC5CCC5)coc4c3)n[nH]c2c1. The Bertz CT molecular complexity index is 5570. The summed E-state index contributed by atoms with van der Waals surface area (Å²) in [6.45, 7) is 9.64. The molecule has 12 aromatic heterocycles. The van der Waals surface area contributed by atoms with E-state index < -0.39 is 11.8 Å². The quantitative estimate of drug-likeness (QED) is 0.0310. The van der Waals surface area contributed by atoms with Crippen LogP contribution in [0.3, 0.4) is 0 Å². The summed E-state index contributed by atoms with van der Waals surface area (Å²) < 4.78 is 70.8. The number of fused-ring (bicyclic) bond motifs is 8. The number of aromatic nitrogens is 12. The number of hydrogen-bond donors (Lipinski definition) is 8. The zero-order valence-electron chi connectivity index (χ0n) is 56.2. The lowest BCUT2D eigenvalue weighted by atomic mass is 9.86. The summed E-state index contributed by atoms with van der Waals surface area (Å²) in [7, 11) is 1.68. The van der Waals surface area contributed by atoms with Crippen molar-refractivity contribution in [3.63, 3.8) is 0 Å².